The third-order valence-electron chi connectivity index (χ3n) is 0.743. The van der Waals surface area contributed by atoms with Gasteiger partial charge in [0.2, 0.25) is 0 Å². The van der Waals surface area contributed by atoms with Crippen molar-refractivity contribution in [2.75, 3.05) is 12.0 Å². The third kappa shape index (κ3) is 5.24. The summed E-state index contributed by atoms with van der Waals surface area (Å²) in [7, 11) is -3.38. The summed E-state index contributed by atoms with van der Waals surface area (Å²) in [5.74, 6) is 0.153. The molecule has 0 amide bonds. The van der Waals surface area contributed by atoms with Crippen LogP contribution in [-0.2, 0) is 9.09 Å². The van der Waals surface area contributed by atoms with E-state index in [9.17, 15) is 4.57 Å². The monoisotopic (exact) mass is 186 g/mol. The van der Waals surface area contributed by atoms with E-state index in [0.29, 0.717) is 0 Å². The molecule has 0 aliphatic carbocycles. The van der Waals surface area contributed by atoms with Crippen LogP contribution in [0.4, 0.5) is 0 Å². The summed E-state index contributed by atoms with van der Waals surface area (Å²) in [5, 5.41) is 0. The quantitative estimate of drug-likeness (QED) is 0.538. The molecule has 0 radical (unpaired) electrons. The highest BCUT2D eigenvalue weighted by atomic mass is 35.5. The van der Waals surface area contributed by atoms with Crippen molar-refractivity contribution in [3.63, 3.8) is 0 Å². The summed E-state index contributed by atoms with van der Waals surface area (Å²) in [5.41, 5.74) is 0. The summed E-state index contributed by atoms with van der Waals surface area (Å²) in [6.45, 7) is 3.41. The fourth-order valence-electron chi connectivity index (χ4n) is 0.489. The highest BCUT2D eigenvalue weighted by Gasteiger charge is 2.19. The number of alkyl halides is 1. The molecular weight excluding hydrogens is 174 g/mol. The highest BCUT2D eigenvalue weighted by Crippen LogP contribution is 2.42. The first-order chi connectivity index (χ1) is 4.48. The number of rotatable bonds is 4. The summed E-state index contributed by atoms with van der Waals surface area (Å²) < 4.78 is 15.6. The van der Waals surface area contributed by atoms with E-state index in [-0.39, 0.29) is 18.1 Å². The van der Waals surface area contributed by atoms with Crippen molar-refractivity contribution in [3.05, 3.63) is 0 Å². The Bertz CT molecular complexity index is 137. The molecule has 3 nitrogen and oxygen atoms in total. The maximum atomic E-state index is 10.9. The van der Waals surface area contributed by atoms with Crippen LogP contribution in [0.15, 0.2) is 0 Å². The number of halogens is 1. The van der Waals surface area contributed by atoms with Crippen LogP contribution in [-0.4, -0.2) is 23.0 Å². The molecule has 0 spiro atoms. The van der Waals surface area contributed by atoms with Crippen molar-refractivity contribution in [2.24, 2.45) is 0 Å². The van der Waals surface area contributed by atoms with Crippen molar-refractivity contribution in [3.8, 4) is 0 Å². The largest absolute Gasteiger partial charge is 0.329 e. The zero-order valence-electron chi connectivity index (χ0n) is 6.08. The van der Waals surface area contributed by atoms with Crippen LogP contribution in [0, 0.1) is 0 Å². The molecule has 0 fully saturated rings. The molecule has 0 aromatic heterocycles. The Labute approximate surface area is 65.9 Å². The second-order valence-corrected chi connectivity index (χ2v) is 4.52. The van der Waals surface area contributed by atoms with Crippen LogP contribution < -0.4 is 0 Å². The van der Waals surface area contributed by atoms with Gasteiger partial charge < -0.3 is 9.42 Å². The normalized spacial score (nSPS) is 17.3. The van der Waals surface area contributed by atoms with E-state index in [1.165, 1.54) is 0 Å². The van der Waals surface area contributed by atoms with E-state index in [1.54, 1.807) is 13.8 Å². The van der Waals surface area contributed by atoms with Gasteiger partial charge in [-0.2, -0.15) is 0 Å². The van der Waals surface area contributed by atoms with Gasteiger partial charge in [0.05, 0.1) is 12.3 Å². The molecule has 0 bridgehead atoms. The van der Waals surface area contributed by atoms with Crippen molar-refractivity contribution < 1.29 is 14.0 Å². The van der Waals surface area contributed by atoms with Crippen LogP contribution >= 0.6 is 19.2 Å². The van der Waals surface area contributed by atoms with E-state index in [2.05, 4.69) is 0 Å². The molecule has 1 N–H and O–H groups in total. The molecule has 5 heteroatoms. The topological polar surface area (TPSA) is 46.5 Å². The van der Waals surface area contributed by atoms with E-state index < -0.39 is 7.60 Å². The van der Waals surface area contributed by atoms with Crippen LogP contribution in [0.3, 0.4) is 0 Å². The summed E-state index contributed by atoms with van der Waals surface area (Å²) >= 11 is 5.26. The van der Waals surface area contributed by atoms with Gasteiger partial charge in [-0.05, 0) is 13.8 Å². The Morgan fingerprint density at radius 3 is 2.50 bits per heavy atom. The average Bonchev–Trinajstić information content (AvgIpc) is 1.59. The fraction of sp³-hybridized carbons (Fsp3) is 1.00. The Balaban J connectivity index is 3.75. The van der Waals surface area contributed by atoms with Gasteiger partial charge in [0.1, 0.15) is 0 Å². The fourth-order valence-corrected chi connectivity index (χ4v) is 2.11. The Morgan fingerprint density at radius 1 is 1.70 bits per heavy atom. The van der Waals surface area contributed by atoms with E-state index in [1.807, 2.05) is 0 Å². The van der Waals surface area contributed by atoms with Crippen molar-refractivity contribution >= 4 is 19.2 Å². The maximum absolute atomic E-state index is 10.9. The van der Waals surface area contributed by atoms with Crippen LogP contribution in [0.5, 0.6) is 0 Å². The molecular formula is C5H12ClO3P. The van der Waals surface area contributed by atoms with Crippen LogP contribution in [0.1, 0.15) is 13.8 Å². The first kappa shape index (κ1) is 10.4. The molecule has 0 aromatic rings. The molecule has 0 aliphatic rings. The molecule has 62 valence electrons. The SMILES string of the molecule is CC(C)OP(=O)(O)CCCl. The van der Waals surface area contributed by atoms with Gasteiger partial charge in [-0.15, -0.1) is 11.6 Å². The van der Waals surface area contributed by atoms with Gasteiger partial charge in [-0.3, -0.25) is 4.57 Å². The minimum Gasteiger partial charge on any atom is -0.324 e. The second kappa shape index (κ2) is 4.35. The van der Waals surface area contributed by atoms with E-state index in [0.717, 1.165) is 0 Å². The molecule has 0 aromatic carbocycles. The molecule has 0 aliphatic heterocycles. The summed E-state index contributed by atoms with van der Waals surface area (Å²) in [4.78, 5) is 8.93. The molecule has 1 unspecified atom stereocenters. The zero-order valence-corrected chi connectivity index (χ0v) is 7.73. The van der Waals surface area contributed by atoms with Crippen LogP contribution in [0.25, 0.3) is 0 Å². The lowest BCUT2D eigenvalue weighted by Gasteiger charge is -2.12. The van der Waals surface area contributed by atoms with Crippen molar-refractivity contribution in [2.45, 2.75) is 20.0 Å². The molecule has 0 saturated heterocycles. The highest BCUT2D eigenvalue weighted by molar-refractivity contribution is 7.52. The number of hydrogen-bond acceptors (Lipinski definition) is 2. The summed E-state index contributed by atoms with van der Waals surface area (Å²) in [6, 6.07) is 0. The number of hydrogen-bond donors (Lipinski definition) is 1. The van der Waals surface area contributed by atoms with Gasteiger partial charge in [-0.1, -0.05) is 0 Å². The lowest BCUT2D eigenvalue weighted by molar-refractivity contribution is 0.206. The molecule has 0 saturated carbocycles. The van der Waals surface area contributed by atoms with E-state index >= 15 is 0 Å². The Kier molecular flexibility index (Phi) is 4.54. The van der Waals surface area contributed by atoms with Gasteiger partial charge in [-0.25, -0.2) is 0 Å². The molecule has 10 heavy (non-hydrogen) atoms. The molecule has 1 atom stereocenters. The molecule has 0 heterocycles. The predicted octanol–water partition coefficient (Wildman–Crippen LogP) is 1.84. The minimum atomic E-state index is -3.38. The van der Waals surface area contributed by atoms with Gasteiger partial charge in [0, 0.05) is 5.88 Å². The second-order valence-electron chi connectivity index (χ2n) is 2.20. The standard InChI is InChI=1S/C5H12ClO3P/c1-5(2)9-10(7,8)4-3-6/h5H,3-4H2,1-2H3,(H,7,8). The zero-order chi connectivity index (χ0) is 8.20. The first-order valence-corrected chi connectivity index (χ1v) is 5.34. The smallest absolute Gasteiger partial charge is 0.324 e. The predicted molar refractivity (Wildman–Crippen MR) is 41.6 cm³/mol. The lowest BCUT2D eigenvalue weighted by Crippen LogP contribution is -2.03. The summed E-state index contributed by atoms with van der Waals surface area (Å²) in [6.07, 6.45) is -0.203. The van der Waals surface area contributed by atoms with Gasteiger partial charge in [0.15, 0.2) is 0 Å². The third-order valence-corrected chi connectivity index (χ3v) is 2.73. The minimum absolute atomic E-state index is 0.0206. The lowest BCUT2D eigenvalue weighted by atomic mass is 10.5. The van der Waals surface area contributed by atoms with Crippen molar-refractivity contribution in [1.29, 1.82) is 0 Å². The van der Waals surface area contributed by atoms with Gasteiger partial charge in [0.25, 0.3) is 0 Å². The first-order valence-electron chi connectivity index (χ1n) is 3.04. The van der Waals surface area contributed by atoms with Crippen molar-refractivity contribution in [1.82, 2.24) is 0 Å². The van der Waals surface area contributed by atoms with Gasteiger partial charge >= 0.3 is 7.60 Å². The Hall–Kier alpha value is 0.440. The maximum Gasteiger partial charge on any atom is 0.329 e. The van der Waals surface area contributed by atoms with Crippen LogP contribution in [0.2, 0.25) is 0 Å². The average molecular weight is 187 g/mol. The Morgan fingerprint density at radius 2 is 2.20 bits per heavy atom. The molecule has 0 rings (SSSR count). The van der Waals surface area contributed by atoms with E-state index in [4.69, 9.17) is 21.0 Å².